The van der Waals surface area contributed by atoms with Crippen molar-refractivity contribution in [3.05, 3.63) is 46.4 Å². The van der Waals surface area contributed by atoms with E-state index < -0.39 is 12.0 Å². The molecular formula is C32H35ClF2N4O2. The number of phenolic OH excluding ortho intramolecular Hbond substituents is 1. The van der Waals surface area contributed by atoms with Crippen molar-refractivity contribution in [2.45, 2.75) is 93.4 Å². The van der Waals surface area contributed by atoms with Crippen molar-refractivity contribution in [2.24, 2.45) is 0 Å². The number of alkyl halides is 1. The summed E-state index contributed by atoms with van der Waals surface area (Å²) in [6.07, 6.45) is 9.53. The van der Waals surface area contributed by atoms with Gasteiger partial charge in [0.25, 0.3) is 0 Å². The number of ether oxygens (including phenoxy) is 1. The molecule has 0 radical (unpaired) electrons. The van der Waals surface area contributed by atoms with Crippen LogP contribution in [0.2, 0.25) is 5.02 Å². The summed E-state index contributed by atoms with van der Waals surface area (Å²) in [7, 11) is 0. The van der Waals surface area contributed by atoms with Gasteiger partial charge in [-0.05, 0) is 93.0 Å². The predicted molar refractivity (Wildman–Crippen MR) is 154 cm³/mol. The van der Waals surface area contributed by atoms with Gasteiger partial charge < -0.3 is 15.2 Å². The second-order valence-corrected chi connectivity index (χ2v) is 13.5. The number of nitrogens with zero attached hydrogens (tertiary/aromatic N) is 3. The fourth-order valence-electron chi connectivity index (χ4n) is 8.31. The van der Waals surface area contributed by atoms with Crippen LogP contribution in [0.25, 0.3) is 22.2 Å². The van der Waals surface area contributed by atoms with Crippen LogP contribution in [0.15, 0.2) is 24.4 Å². The number of benzene rings is 1. The zero-order valence-electron chi connectivity index (χ0n) is 23.0. The molecular weight excluding hydrogens is 546 g/mol. The van der Waals surface area contributed by atoms with E-state index in [0.717, 1.165) is 69.0 Å². The van der Waals surface area contributed by atoms with Crippen molar-refractivity contribution >= 4 is 22.5 Å². The first kappa shape index (κ1) is 26.1. The number of hydrogen-bond donors (Lipinski definition) is 2. The van der Waals surface area contributed by atoms with Crippen LogP contribution in [0.5, 0.6) is 11.6 Å². The largest absolute Gasteiger partial charge is 0.508 e. The summed E-state index contributed by atoms with van der Waals surface area (Å²) in [5.74, 6) is 0.315. The molecule has 5 aliphatic rings. The lowest BCUT2D eigenvalue weighted by molar-refractivity contribution is 0.110. The molecule has 2 bridgehead atoms. The molecule has 41 heavy (non-hydrogen) atoms. The molecule has 0 spiro atoms. The van der Waals surface area contributed by atoms with Crippen LogP contribution in [-0.2, 0) is 0 Å². The van der Waals surface area contributed by atoms with Crippen LogP contribution in [-0.4, -0.2) is 63.5 Å². The Balaban J connectivity index is 1.23. The summed E-state index contributed by atoms with van der Waals surface area (Å²) in [5, 5.41) is 15.2. The quantitative estimate of drug-likeness (QED) is 0.341. The first-order valence-electron chi connectivity index (χ1n) is 15.2. The van der Waals surface area contributed by atoms with Gasteiger partial charge in [-0.25, -0.2) is 13.8 Å². The van der Waals surface area contributed by atoms with E-state index in [1.165, 1.54) is 6.07 Å². The molecule has 9 heteroatoms. The Hall–Kier alpha value is -2.55. The third-order valence-corrected chi connectivity index (χ3v) is 10.6. The second kappa shape index (κ2) is 9.75. The minimum Gasteiger partial charge on any atom is -0.508 e. The van der Waals surface area contributed by atoms with E-state index in [9.17, 15) is 9.50 Å². The lowest BCUT2D eigenvalue weighted by Crippen LogP contribution is -2.43. The number of rotatable bonds is 6. The van der Waals surface area contributed by atoms with Gasteiger partial charge in [0, 0.05) is 53.3 Å². The van der Waals surface area contributed by atoms with Crippen LogP contribution in [0, 0.1) is 5.82 Å². The number of pyridine rings is 2. The molecule has 4 aliphatic heterocycles. The Morgan fingerprint density at radius 1 is 1.12 bits per heavy atom. The summed E-state index contributed by atoms with van der Waals surface area (Å²) in [5.41, 5.74) is 2.43. The highest BCUT2D eigenvalue weighted by Gasteiger charge is 2.49. The Kier molecular flexibility index (Phi) is 6.21. The van der Waals surface area contributed by atoms with Crippen molar-refractivity contribution in [3.63, 3.8) is 0 Å². The number of piperidine rings is 1. The van der Waals surface area contributed by atoms with Gasteiger partial charge in [0.15, 0.2) is 5.82 Å². The average Bonchev–Trinajstić information content (AvgIpc) is 3.52. The van der Waals surface area contributed by atoms with Crippen LogP contribution in [0.3, 0.4) is 0 Å². The summed E-state index contributed by atoms with van der Waals surface area (Å²) in [4.78, 5) is 11.6. The zero-order valence-corrected chi connectivity index (χ0v) is 23.8. The lowest BCUT2D eigenvalue weighted by atomic mass is 9.84. The third kappa shape index (κ3) is 4.48. The maximum atomic E-state index is 16.6. The Labute approximate surface area is 243 Å². The van der Waals surface area contributed by atoms with E-state index in [0.29, 0.717) is 53.5 Å². The summed E-state index contributed by atoms with van der Waals surface area (Å²) in [6, 6.07) is 5.98. The number of aromatic hydroxyl groups is 1. The zero-order chi connectivity index (χ0) is 27.9. The highest BCUT2D eigenvalue weighted by Crippen LogP contribution is 2.50. The third-order valence-electron chi connectivity index (χ3n) is 10.3. The average molecular weight is 581 g/mol. The molecule has 6 heterocycles. The monoisotopic (exact) mass is 580 g/mol. The Morgan fingerprint density at radius 2 is 1.93 bits per heavy atom. The molecule has 4 saturated heterocycles. The molecule has 0 amide bonds. The first-order chi connectivity index (χ1) is 19.9. The molecule has 1 aromatic carbocycles. The van der Waals surface area contributed by atoms with Crippen LogP contribution >= 0.6 is 11.6 Å². The predicted octanol–water partition coefficient (Wildman–Crippen LogP) is 6.63. The molecule has 2 aromatic heterocycles. The minimum atomic E-state index is -0.843. The number of aromatic nitrogens is 2. The molecule has 216 valence electrons. The highest BCUT2D eigenvalue weighted by molar-refractivity contribution is 6.32. The molecule has 4 unspecified atom stereocenters. The smallest absolute Gasteiger partial charge is 0.214 e. The normalized spacial score (nSPS) is 31.2. The van der Waals surface area contributed by atoms with E-state index in [1.54, 1.807) is 12.3 Å². The van der Waals surface area contributed by atoms with E-state index in [2.05, 4.69) is 15.2 Å². The molecule has 1 saturated carbocycles. The number of phenols is 1. The van der Waals surface area contributed by atoms with Crippen molar-refractivity contribution in [1.29, 1.82) is 0 Å². The molecule has 4 atom stereocenters. The molecule has 6 nitrogen and oxygen atoms in total. The number of hydrogen-bond acceptors (Lipinski definition) is 6. The van der Waals surface area contributed by atoms with Crippen LogP contribution in [0.4, 0.5) is 8.78 Å². The van der Waals surface area contributed by atoms with Crippen molar-refractivity contribution in [1.82, 2.24) is 20.2 Å². The Bertz CT molecular complexity index is 1520. The molecule has 8 rings (SSSR count). The summed E-state index contributed by atoms with van der Waals surface area (Å²) < 4.78 is 37.4. The lowest BCUT2D eigenvalue weighted by Gasteiger charge is -2.32. The molecule has 3 aromatic rings. The van der Waals surface area contributed by atoms with Gasteiger partial charge in [0.05, 0.1) is 5.54 Å². The van der Waals surface area contributed by atoms with Crippen molar-refractivity contribution < 1.29 is 18.6 Å². The van der Waals surface area contributed by atoms with E-state index >= 15 is 4.39 Å². The maximum absolute atomic E-state index is 16.6. The fraction of sp³-hybridized carbons (Fsp3) is 0.562. The second-order valence-electron chi connectivity index (χ2n) is 13.1. The molecule has 1 aliphatic carbocycles. The van der Waals surface area contributed by atoms with E-state index in [4.69, 9.17) is 21.3 Å². The van der Waals surface area contributed by atoms with Gasteiger partial charge >= 0.3 is 0 Å². The fourth-order valence-corrected chi connectivity index (χ4v) is 8.67. The number of halogens is 3. The van der Waals surface area contributed by atoms with Crippen molar-refractivity contribution in [3.8, 4) is 22.9 Å². The number of fused-ring (bicyclic) bond motifs is 4. The Morgan fingerprint density at radius 3 is 2.71 bits per heavy atom. The number of nitrogens with one attached hydrogen (secondary N) is 1. The van der Waals surface area contributed by atoms with Gasteiger partial charge in [0.2, 0.25) is 5.88 Å². The van der Waals surface area contributed by atoms with E-state index in [-0.39, 0.29) is 34.3 Å². The standard InChI is InChI=1S/C32H35ClF2N4O2/c33-26-11-22(40)10-24(28(26)17-2-3-17)30-29(35)31-25(14-36-30)23(18-8-20-4-5-21(9-18)37-20)12-27(38-31)41-16-32-6-1-7-39(32)15-19(34)13-32/h10-12,14,17-21,37,40H,1-9,13,15-16H2. The van der Waals surface area contributed by atoms with Gasteiger partial charge in [-0.15, -0.1) is 0 Å². The van der Waals surface area contributed by atoms with Crippen molar-refractivity contribution in [2.75, 3.05) is 19.7 Å². The molecule has 2 N–H and O–H groups in total. The van der Waals surface area contributed by atoms with Gasteiger partial charge in [-0.3, -0.25) is 9.88 Å². The van der Waals surface area contributed by atoms with Gasteiger partial charge in [-0.2, -0.15) is 0 Å². The summed E-state index contributed by atoms with van der Waals surface area (Å²) >= 11 is 6.55. The highest BCUT2D eigenvalue weighted by atomic mass is 35.5. The van der Waals surface area contributed by atoms with Gasteiger partial charge in [-0.1, -0.05) is 11.6 Å². The molecule has 5 fully saturated rings. The maximum Gasteiger partial charge on any atom is 0.214 e. The van der Waals surface area contributed by atoms with Crippen LogP contribution in [0.1, 0.15) is 80.8 Å². The SMILES string of the molecule is Oc1cc(Cl)c(C2CC2)c(-c2ncc3c(C4CC5CCC(C4)N5)cc(OCC45CCCN4CC(F)C5)nc3c2F)c1. The van der Waals surface area contributed by atoms with Crippen LogP contribution < -0.4 is 10.1 Å². The van der Waals surface area contributed by atoms with E-state index in [1.807, 2.05) is 6.07 Å². The topological polar surface area (TPSA) is 70.5 Å². The minimum absolute atomic E-state index is 0.0188. The van der Waals surface area contributed by atoms with Gasteiger partial charge in [0.1, 0.15) is 29.7 Å². The first-order valence-corrected chi connectivity index (χ1v) is 15.5. The summed E-state index contributed by atoms with van der Waals surface area (Å²) in [6.45, 7) is 1.69.